The number of allylic oxidation sites excluding steroid dienone is 4. The molecule has 6 rings (SSSR count). The summed E-state index contributed by atoms with van der Waals surface area (Å²) in [6, 6.07) is 9.15. The molecule has 0 radical (unpaired) electrons. The predicted molar refractivity (Wildman–Crippen MR) is 148 cm³/mol. The van der Waals surface area contributed by atoms with Gasteiger partial charge < -0.3 is 9.64 Å². The molecule has 5 atom stereocenters. The first-order chi connectivity index (χ1) is 18.2. The molecule has 3 fully saturated rings. The highest BCUT2D eigenvalue weighted by molar-refractivity contribution is 5.93. The fourth-order valence-electron chi connectivity index (χ4n) is 9.08. The number of fused-ring (bicyclic) bond motifs is 4. The lowest BCUT2D eigenvalue weighted by atomic mass is 9.50. The molecule has 5 heteroatoms. The summed E-state index contributed by atoms with van der Waals surface area (Å²) >= 11 is 0. The van der Waals surface area contributed by atoms with Gasteiger partial charge in [-0.05, 0) is 111 Å². The van der Waals surface area contributed by atoms with Crippen LogP contribution in [0.1, 0.15) is 96.5 Å². The second-order valence-electron chi connectivity index (χ2n) is 12.7. The highest BCUT2D eigenvalue weighted by atomic mass is 16.6. The maximum atomic E-state index is 13.3. The summed E-state index contributed by atoms with van der Waals surface area (Å²) in [7, 11) is 0. The average molecular weight is 516 g/mol. The fourth-order valence-corrected chi connectivity index (χ4v) is 9.08. The standard InChI is InChI=1S/C33H41NO4/c1-21(35)33(38-22(2)36)16-15-30-28-13-9-24-19-26(37)12-14-27(24)31(28)29(20-32(30,33)3)23-7-10-25(11-8-23)34-17-5-4-6-18-34/h7-8,10-11,19,28-30H,4-6,9,12-18,20H2,1-3H3/t28?,29?,30?,32-,33?/m0/s1. The summed E-state index contributed by atoms with van der Waals surface area (Å²) in [5, 5.41) is 0. The number of carbonyl (C=O) groups excluding carboxylic acids is 3. The van der Waals surface area contributed by atoms with Crippen LogP contribution in [0, 0.1) is 17.3 Å². The van der Waals surface area contributed by atoms with Crippen LogP contribution in [0.2, 0.25) is 0 Å². The van der Waals surface area contributed by atoms with E-state index in [0.717, 1.165) is 45.2 Å². The van der Waals surface area contributed by atoms with Crippen molar-refractivity contribution in [3.8, 4) is 0 Å². The van der Waals surface area contributed by atoms with E-state index < -0.39 is 11.0 Å². The van der Waals surface area contributed by atoms with Crippen molar-refractivity contribution in [2.24, 2.45) is 17.3 Å². The zero-order valence-corrected chi connectivity index (χ0v) is 23.2. The Morgan fingerprint density at radius 1 is 0.974 bits per heavy atom. The van der Waals surface area contributed by atoms with E-state index in [1.807, 2.05) is 6.08 Å². The quantitative estimate of drug-likeness (QED) is 0.430. The third-order valence-corrected chi connectivity index (χ3v) is 10.8. The molecule has 38 heavy (non-hydrogen) atoms. The number of anilines is 1. The Morgan fingerprint density at radius 3 is 2.39 bits per heavy atom. The van der Waals surface area contributed by atoms with Crippen molar-refractivity contribution in [3.63, 3.8) is 0 Å². The summed E-state index contributed by atoms with van der Waals surface area (Å²) in [4.78, 5) is 40.5. The van der Waals surface area contributed by atoms with Gasteiger partial charge in [-0.3, -0.25) is 14.4 Å². The van der Waals surface area contributed by atoms with Crippen LogP contribution in [0.4, 0.5) is 5.69 Å². The van der Waals surface area contributed by atoms with Crippen LogP contribution < -0.4 is 4.90 Å². The molecule has 2 saturated carbocycles. The maximum Gasteiger partial charge on any atom is 0.303 e. The van der Waals surface area contributed by atoms with Crippen LogP contribution in [-0.2, 0) is 19.1 Å². The summed E-state index contributed by atoms with van der Waals surface area (Å²) in [5.41, 5.74) is 5.22. The smallest absolute Gasteiger partial charge is 0.303 e. The molecular formula is C33H41NO4. The highest BCUT2D eigenvalue weighted by Gasteiger charge is 2.67. The van der Waals surface area contributed by atoms with Gasteiger partial charge in [0.05, 0.1) is 0 Å². The Kier molecular flexibility index (Phi) is 6.39. The van der Waals surface area contributed by atoms with Crippen molar-refractivity contribution in [2.75, 3.05) is 18.0 Å². The molecule has 1 aromatic rings. The average Bonchev–Trinajstić information content (AvgIpc) is 3.20. The Balaban J connectivity index is 1.46. The lowest BCUT2D eigenvalue weighted by Crippen LogP contribution is -2.57. The van der Waals surface area contributed by atoms with Crippen LogP contribution in [0.3, 0.4) is 0 Å². The summed E-state index contributed by atoms with van der Waals surface area (Å²) < 4.78 is 6.05. The number of ether oxygens (including phenoxy) is 1. The van der Waals surface area contributed by atoms with E-state index in [-0.39, 0.29) is 29.4 Å². The number of rotatable bonds is 4. The van der Waals surface area contributed by atoms with Crippen molar-refractivity contribution in [1.29, 1.82) is 0 Å². The second-order valence-corrected chi connectivity index (χ2v) is 12.7. The van der Waals surface area contributed by atoms with Crippen molar-refractivity contribution in [2.45, 2.75) is 96.5 Å². The Hall–Kier alpha value is -2.69. The number of nitrogens with zero attached hydrogens (tertiary/aromatic N) is 1. The molecule has 5 aliphatic rings. The van der Waals surface area contributed by atoms with Gasteiger partial charge in [0.25, 0.3) is 0 Å². The second kappa shape index (κ2) is 9.50. The van der Waals surface area contributed by atoms with E-state index in [4.69, 9.17) is 4.74 Å². The van der Waals surface area contributed by atoms with Crippen LogP contribution in [-0.4, -0.2) is 36.2 Å². The molecule has 0 aromatic heterocycles. The van der Waals surface area contributed by atoms with Gasteiger partial charge in [0.1, 0.15) is 0 Å². The van der Waals surface area contributed by atoms with Crippen LogP contribution in [0.15, 0.2) is 47.1 Å². The van der Waals surface area contributed by atoms with Crippen molar-refractivity contribution in [1.82, 2.24) is 0 Å². The first-order valence-electron chi connectivity index (χ1n) is 14.8. The SMILES string of the molecule is CC(=O)OC1(C(C)=O)CCC2C3CCC4=CC(=O)CCC4=C3C(c3ccc(N4CCCCC4)cc3)C[C@@]21C. The topological polar surface area (TPSA) is 63.7 Å². The van der Waals surface area contributed by atoms with Gasteiger partial charge in [0, 0.05) is 43.5 Å². The number of Topliss-reactive ketones (excluding diaryl/α,β-unsaturated/α-hetero) is 1. The van der Waals surface area contributed by atoms with Gasteiger partial charge in [0.2, 0.25) is 0 Å². The molecular weight excluding hydrogens is 474 g/mol. The number of benzene rings is 1. The monoisotopic (exact) mass is 515 g/mol. The lowest BCUT2D eigenvalue weighted by Gasteiger charge is -2.55. The van der Waals surface area contributed by atoms with Crippen molar-refractivity contribution >= 4 is 23.2 Å². The van der Waals surface area contributed by atoms with Crippen LogP contribution >= 0.6 is 0 Å². The van der Waals surface area contributed by atoms with Gasteiger partial charge in [-0.15, -0.1) is 0 Å². The Bertz CT molecular complexity index is 1220. The van der Waals surface area contributed by atoms with Gasteiger partial charge >= 0.3 is 5.97 Å². The molecule has 0 N–H and O–H groups in total. The molecule has 0 amide bonds. The molecule has 1 aliphatic heterocycles. The molecule has 0 spiro atoms. The molecule has 1 saturated heterocycles. The van der Waals surface area contributed by atoms with Crippen molar-refractivity contribution in [3.05, 3.63) is 52.6 Å². The number of hydrogen-bond acceptors (Lipinski definition) is 5. The van der Waals surface area contributed by atoms with Crippen molar-refractivity contribution < 1.29 is 19.1 Å². The first kappa shape index (κ1) is 25.6. The number of hydrogen-bond donors (Lipinski definition) is 0. The first-order valence-corrected chi connectivity index (χ1v) is 14.8. The van der Waals surface area contributed by atoms with E-state index >= 15 is 0 Å². The van der Waals surface area contributed by atoms with Gasteiger partial charge in [-0.25, -0.2) is 0 Å². The number of piperidine rings is 1. The summed E-state index contributed by atoms with van der Waals surface area (Å²) in [6.45, 7) is 7.51. The van der Waals surface area contributed by atoms with Gasteiger partial charge in [0.15, 0.2) is 17.2 Å². The molecule has 5 nitrogen and oxygen atoms in total. The molecule has 1 aromatic carbocycles. The Morgan fingerprint density at radius 2 is 1.71 bits per heavy atom. The minimum Gasteiger partial charge on any atom is -0.451 e. The van der Waals surface area contributed by atoms with Crippen LogP contribution in [0.5, 0.6) is 0 Å². The minimum absolute atomic E-state index is 0.0207. The van der Waals surface area contributed by atoms with E-state index in [2.05, 4.69) is 36.1 Å². The maximum absolute atomic E-state index is 13.3. The fraction of sp³-hybridized carbons (Fsp3) is 0.606. The normalized spacial score (nSPS) is 34.7. The lowest BCUT2D eigenvalue weighted by molar-refractivity contribution is -0.182. The molecule has 4 unspecified atom stereocenters. The third kappa shape index (κ3) is 3.91. The van der Waals surface area contributed by atoms with E-state index in [1.165, 1.54) is 54.2 Å². The van der Waals surface area contributed by atoms with Gasteiger partial charge in [-0.2, -0.15) is 0 Å². The highest BCUT2D eigenvalue weighted by Crippen LogP contribution is 2.67. The number of esters is 1. The summed E-state index contributed by atoms with van der Waals surface area (Å²) in [5.74, 6) is 0.642. The molecule has 1 heterocycles. The number of ketones is 2. The third-order valence-electron chi connectivity index (χ3n) is 10.8. The van der Waals surface area contributed by atoms with E-state index in [0.29, 0.717) is 18.8 Å². The van der Waals surface area contributed by atoms with Gasteiger partial charge in [-0.1, -0.05) is 24.6 Å². The number of carbonyl (C=O) groups is 3. The zero-order valence-electron chi connectivity index (χ0n) is 23.2. The van der Waals surface area contributed by atoms with Crippen LogP contribution in [0.25, 0.3) is 0 Å². The zero-order chi connectivity index (χ0) is 26.7. The van der Waals surface area contributed by atoms with E-state index in [1.54, 1.807) is 6.92 Å². The molecule has 202 valence electrons. The Labute approximate surface area is 226 Å². The minimum atomic E-state index is -1.07. The van der Waals surface area contributed by atoms with E-state index in [9.17, 15) is 14.4 Å². The summed E-state index contributed by atoms with van der Waals surface area (Å²) in [6.07, 6.45) is 11.3. The molecule has 4 aliphatic carbocycles. The predicted octanol–water partition coefficient (Wildman–Crippen LogP) is 6.47. The molecule has 0 bridgehead atoms. The largest absolute Gasteiger partial charge is 0.451 e.